The first kappa shape index (κ1) is 20.4. The number of carbonyl (C=O) groups excluding carboxylic acids is 1. The van der Waals surface area contributed by atoms with E-state index in [1.54, 1.807) is 23.7 Å². The molecule has 1 aliphatic heterocycles. The fourth-order valence-electron chi connectivity index (χ4n) is 3.94. The minimum Gasteiger partial charge on any atom is -0.364 e. The van der Waals surface area contributed by atoms with E-state index < -0.39 is 24.6 Å². The Hall–Kier alpha value is -4.75. The molecule has 4 aromatic rings. The molecule has 37 heavy (non-hydrogen) atoms. The molecule has 0 saturated carbocycles. The van der Waals surface area contributed by atoms with Gasteiger partial charge in [0.05, 0.1) is 34.9 Å². The van der Waals surface area contributed by atoms with Gasteiger partial charge in [0, 0.05) is 30.4 Å². The maximum Gasteiger partial charge on any atom is 0.417 e. The molecular weight excluding hydrogens is 489 g/mol. The van der Waals surface area contributed by atoms with E-state index in [1.807, 2.05) is 23.3 Å². The summed E-state index contributed by atoms with van der Waals surface area (Å²) >= 11 is 0. The summed E-state index contributed by atoms with van der Waals surface area (Å²) in [6, 6.07) is 8.71. The van der Waals surface area contributed by atoms with Crippen LogP contribution in [0.4, 0.5) is 41.9 Å². The molecule has 0 fully saturated rings. The molecule has 3 aromatic heterocycles. The van der Waals surface area contributed by atoms with E-state index >= 15 is 0 Å². The zero-order chi connectivity index (χ0) is 28.8. The largest absolute Gasteiger partial charge is 0.417 e. The predicted molar refractivity (Wildman–Crippen MR) is 129 cm³/mol. The highest BCUT2D eigenvalue weighted by atomic mass is 19.4. The lowest BCUT2D eigenvalue weighted by atomic mass is 10.1. The second kappa shape index (κ2) is 9.04. The van der Waals surface area contributed by atoms with Gasteiger partial charge in [0.15, 0.2) is 17.3 Å². The van der Waals surface area contributed by atoms with E-state index in [9.17, 15) is 18.0 Å². The lowest BCUT2D eigenvalue weighted by molar-refractivity contribution is -0.137. The number of amides is 1. The molecule has 11 nitrogen and oxygen atoms in total. The molecule has 0 spiro atoms. The summed E-state index contributed by atoms with van der Waals surface area (Å²) in [4.78, 5) is 22.9. The Morgan fingerprint density at radius 2 is 1.95 bits per heavy atom. The van der Waals surface area contributed by atoms with Gasteiger partial charge in [-0.05, 0) is 31.2 Å². The number of halogens is 3. The summed E-state index contributed by atoms with van der Waals surface area (Å²) in [5.41, 5.74) is 0.805. The highest BCUT2D eigenvalue weighted by Gasteiger charge is 2.31. The number of nitrogens with one attached hydrogen (secondary N) is 3. The average molecular weight is 514 g/mol. The van der Waals surface area contributed by atoms with E-state index in [4.69, 9.17) is 4.11 Å². The topological polar surface area (TPSA) is 126 Å². The van der Waals surface area contributed by atoms with Gasteiger partial charge in [0.25, 0.3) is 5.91 Å². The summed E-state index contributed by atoms with van der Waals surface area (Å²) in [6.45, 7) is -0.559. The van der Waals surface area contributed by atoms with E-state index in [0.717, 1.165) is 29.3 Å². The molecule has 190 valence electrons. The number of aromatic nitrogens is 6. The third kappa shape index (κ3) is 4.60. The summed E-state index contributed by atoms with van der Waals surface area (Å²) < 4.78 is 62.6. The van der Waals surface area contributed by atoms with Gasteiger partial charge >= 0.3 is 6.18 Å². The van der Waals surface area contributed by atoms with E-state index in [0.29, 0.717) is 24.3 Å². The van der Waals surface area contributed by atoms with Crippen molar-refractivity contribution in [2.75, 3.05) is 29.6 Å². The number of alkyl halides is 3. The maximum atomic E-state index is 12.9. The first-order chi connectivity index (χ1) is 18.8. The minimum atomic E-state index is -4.55. The van der Waals surface area contributed by atoms with Crippen LogP contribution in [0.1, 0.15) is 31.8 Å². The minimum absolute atomic E-state index is 0.0348. The lowest BCUT2D eigenvalue weighted by Gasteiger charge is -2.29. The molecule has 3 N–H and O–H groups in total. The van der Waals surface area contributed by atoms with Gasteiger partial charge in [-0.15, -0.1) is 10.2 Å². The van der Waals surface area contributed by atoms with Crippen molar-refractivity contribution in [3.05, 3.63) is 65.5 Å². The Kier molecular flexibility index (Phi) is 4.99. The van der Waals surface area contributed by atoms with Crippen LogP contribution in [-0.4, -0.2) is 49.9 Å². The molecular formula is C23H21F3N10O. The van der Waals surface area contributed by atoms with Crippen LogP contribution in [-0.2, 0) is 12.7 Å². The van der Waals surface area contributed by atoms with Crippen molar-refractivity contribution >= 4 is 34.6 Å². The van der Waals surface area contributed by atoms with Gasteiger partial charge in [-0.2, -0.15) is 18.3 Å². The van der Waals surface area contributed by atoms with Crippen molar-refractivity contribution in [1.29, 1.82) is 0 Å². The molecule has 4 heterocycles. The number of pyridine rings is 1. The van der Waals surface area contributed by atoms with Crippen molar-refractivity contribution in [2.24, 2.45) is 0 Å². The van der Waals surface area contributed by atoms with Gasteiger partial charge < -0.3 is 20.9 Å². The molecule has 0 saturated heterocycles. The number of anilines is 5. The second-order valence-electron chi connectivity index (χ2n) is 8.14. The fourth-order valence-corrected chi connectivity index (χ4v) is 3.94. The number of carbonyl (C=O) groups is 1. The van der Waals surface area contributed by atoms with E-state index in [2.05, 4.69) is 35.9 Å². The van der Waals surface area contributed by atoms with Crippen molar-refractivity contribution < 1.29 is 22.1 Å². The Labute approximate surface area is 213 Å². The lowest BCUT2D eigenvalue weighted by Crippen LogP contribution is -2.27. The van der Waals surface area contributed by atoms with Crippen LogP contribution in [0.5, 0.6) is 0 Å². The van der Waals surface area contributed by atoms with Gasteiger partial charge in [0.2, 0.25) is 0 Å². The summed E-state index contributed by atoms with van der Waals surface area (Å²) in [6.07, 6.45) is -3.88. The first-order valence-corrected chi connectivity index (χ1v) is 10.8. The number of rotatable bonds is 5. The number of para-hydroxylation sites is 1. The van der Waals surface area contributed by atoms with Crippen LogP contribution < -0.4 is 20.9 Å². The number of benzene rings is 1. The molecule has 1 amide bonds. The number of hydrogen-bond donors (Lipinski definition) is 3. The third-order valence-corrected chi connectivity index (χ3v) is 5.52. The van der Waals surface area contributed by atoms with Crippen LogP contribution in [0.15, 0.2) is 42.6 Å². The van der Waals surface area contributed by atoms with Gasteiger partial charge in [0.1, 0.15) is 11.6 Å². The summed E-state index contributed by atoms with van der Waals surface area (Å²) in [5, 5.41) is 20.0. The highest BCUT2D eigenvalue weighted by Crippen LogP contribution is 2.38. The molecule has 0 radical (unpaired) electrons. The summed E-state index contributed by atoms with van der Waals surface area (Å²) in [5.74, 6) is 0.403. The molecule has 0 aliphatic carbocycles. The van der Waals surface area contributed by atoms with Crippen LogP contribution in [0.3, 0.4) is 0 Å². The van der Waals surface area contributed by atoms with Crippen molar-refractivity contribution in [3.8, 4) is 5.69 Å². The summed E-state index contributed by atoms with van der Waals surface area (Å²) in [7, 11) is 1.85. The van der Waals surface area contributed by atoms with Gasteiger partial charge in [-0.25, -0.2) is 14.6 Å². The predicted octanol–water partition coefficient (Wildman–Crippen LogP) is 3.58. The number of nitrogens with zero attached hydrogens (tertiary/aromatic N) is 7. The number of aryl methyl sites for hydroxylation is 1. The Morgan fingerprint density at radius 3 is 2.68 bits per heavy atom. The fraction of sp³-hybridized carbons (Fsp3) is 0.217. The van der Waals surface area contributed by atoms with E-state index in [1.165, 1.54) is 6.07 Å². The van der Waals surface area contributed by atoms with Crippen LogP contribution in [0.25, 0.3) is 5.69 Å². The normalized spacial score (nSPS) is 14.1. The number of hydrogen-bond acceptors (Lipinski definition) is 9. The first-order valence-electron chi connectivity index (χ1n) is 12.3. The third-order valence-electron chi connectivity index (χ3n) is 5.52. The SMILES string of the molecule is [2H]C([2H])([2H])NC(=O)c1nnc(Nc2ccc(C(F)(F)F)cn2)cc1Nc1cccc2c1N(C)Cc1nc(C)nn1-2. The molecule has 0 atom stereocenters. The standard InChI is InChI=1S/C23H21F3N10O/c1-12-29-19-11-35(3)21-14(5-4-6-16(21)36(19)34-12)30-15-9-18(32-33-20(15)22(37)27-2)31-17-8-7-13(10-28-17)23(24,25)26/h4-10H,11H2,1-3H3,(H,27,37)(H2,28,30,31,32)/i2D3. The molecule has 14 heteroatoms. The zero-order valence-electron chi connectivity index (χ0n) is 22.4. The average Bonchev–Trinajstić information content (AvgIpc) is 3.23. The van der Waals surface area contributed by atoms with Gasteiger partial charge in [-0.3, -0.25) is 4.79 Å². The quantitative estimate of drug-likeness (QED) is 0.367. The van der Waals surface area contributed by atoms with Crippen molar-refractivity contribution in [1.82, 2.24) is 35.3 Å². The molecule has 5 rings (SSSR count). The molecule has 0 unspecified atom stereocenters. The monoisotopic (exact) mass is 513 g/mol. The van der Waals surface area contributed by atoms with Crippen molar-refractivity contribution in [3.63, 3.8) is 0 Å². The Morgan fingerprint density at radius 1 is 1.11 bits per heavy atom. The van der Waals surface area contributed by atoms with Crippen molar-refractivity contribution in [2.45, 2.75) is 19.6 Å². The maximum absolute atomic E-state index is 12.9. The highest BCUT2D eigenvalue weighted by molar-refractivity contribution is 5.99. The number of fused-ring (bicyclic) bond motifs is 3. The van der Waals surface area contributed by atoms with Gasteiger partial charge in [-0.1, -0.05) is 6.07 Å². The van der Waals surface area contributed by atoms with Crippen LogP contribution in [0.2, 0.25) is 0 Å². The van der Waals surface area contributed by atoms with E-state index in [-0.39, 0.29) is 23.0 Å². The molecule has 1 aromatic carbocycles. The van der Waals surface area contributed by atoms with Crippen LogP contribution in [0, 0.1) is 6.92 Å². The molecule has 0 bridgehead atoms. The Bertz CT molecular complexity index is 1590. The smallest absolute Gasteiger partial charge is 0.364 e. The molecule has 1 aliphatic rings. The van der Waals surface area contributed by atoms with Crippen LogP contribution >= 0.6 is 0 Å². The second-order valence-corrected chi connectivity index (χ2v) is 8.14. The Balaban J connectivity index is 1.53. The zero-order valence-corrected chi connectivity index (χ0v) is 19.4.